The summed E-state index contributed by atoms with van der Waals surface area (Å²) in [7, 11) is 0. The number of nitrogens with two attached hydrogens (primary N) is 1. The molecule has 0 spiro atoms. The van der Waals surface area contributed by atoms with Gasteiger partial charge in [-0.15, -0.1) is 0 Å². The lowest BCUT2D eigenvalue weighted by atomic mass is 10.1. The van der Waals surface area contributed by atoms with Crippen LogP contribution in [0.15, 0.2) is 43.1 Å². The Morgan fingerprint density at radius 3 is 2.68 bits per heavy atom. The molecular formula is C18H11IN8O. The Labute approximate surface area is 171 Å². The number of H-pyrrole nitrogens is 2. The average molecular weight is 482 g/mol. The number of imidazole rings is 1. The summed E-state index contributed by atoms with van der Waals surface area (Å²) >= 11 is 2.22. The summed E-state index contributed by atoms with van der Waals surface area (Å²) in [6, 6.07) is 4.01. The Hall–Kier alpha value is -3.41. The molecule has 28 heavy (non-hydrogen) atoms. The topological polar surface area (TPSA) is 139 Å². The lowest BCUT2D eigenvalue weighted by Gasteiger charge is -2.02. The van der Waals surface area contributed by atoms with E-state index in [1.165, 1.54) is 6.20 Å². The SMILES string of the molecule is NC(=O)c1cncc2[nH]c(-c3[nH]nc4ncc(-c5cncc(I)c5)cc34)nc12. The summed E-state index contributed by atoms with van der Waals surface area (Å²) in [5, 5.41) is 8.02. The Bertz CT molecular complexity index is 1370. The standard InChI is InChI=1S/C18H11IN8O/c19-10-1-8(3-21-5-10)9-2-11-15(26-27-17(11)23-4-9)18-24-13-7-22-6-12(16(20)28)14(13)25-18/h1-7H,(H2,20,28)(H,24,25)(H,23,26,27). The van der Waals surface area contributed by atoms with Crippen LogP contribution in [0.5, 0.6) is 0 Å². The van der Waals surface area contributed by atoms with E-state index in [2.05, 4.69) is 57.7 Å². The fourth-order valence-corrected chi connectivity index (χ4v) is 3.54. The molecule has 9 nitrogen and oxygen atoms in total. The summed E-state index contributed by atoms with van der Waals surface area (Å²) in [6.07, 6.45) is 8.34. The van der Waals surface area contributed by atoms with Gasteiger partial charge >= 0.3 is 0 Å². The molecule has 0 aliphatic rings. The molecule has 0 aliphatic heterocycles. The normalized spacial score (nSPS) is 11.3. The van der Waals surface area contributed by atoms with Crippen LogP contribution < -0.4 is 5.73 Å². The molecular weight excluding hydrogens is 471 g/mol. The minimum absolute atomic E-state index is 0.257. The monoisotopic (exact) mass is 482 g/mol. The second-order valence-electron chi connectivity index (χ2n) is 6.12. The van der Waals surface area contributed by atoms with Crippen molar-refractivity contribution in [1.82, 2.24) is 35.1 Å². The molecule has 5 aromatic heterocycles. The van der Waals surface area contributed by atoms with Gasteiger partial charge < -0.3 is 10.7 Å². The van der Waals surface area contributed by atoms with Gasteiger partial charge in [-0.3, -0.25) is 19.9 Å². The highest BCUT2D eigenvalue weighted by Crippen LogP contribution is 2.29. The molecule has 0 saturated carbocycles. The van der Waals surface area contributed by atoms with Crippen molar-refractivity contribution in [2.75, 3.05) is 0 Å². The molecule has 0 saturated heterocycles. The van der Waals surface area contributed by atoms with Crippen molar-refractivity contribution in [3.05, 3.63) is 52.3 Å². The third kappa shape index (κ3) is 2.69. The quantitative estimate of drug-likeness (QED) is 0.338. The van der Waals surface area contributed by atoms with E-state index in [-0.39, 0.29) is 5.56 Å². The van der Waals surface area contributed by atoms with Crippen LogP contribution in [0.4, 0.5) is 0 Å². The van der Waals surface area contributed by atoms with E-state index in [0.29, 0.717) is 28.2 Å². The predicted octanol–water partition coefficient (Wildman–Crippen LogP) is 2.66. The number of carbonyl (C=O) groups is 1. The fraction of sp³-hybridized carbons (Fsp3) is 0. The van der Waals surface area contributed by atoms with Gasteiger partial charge in [-0.2, -0.15) is 5.10 Å². The number of fused-ring (bicyclic) bond motifs is 2. The third-order valence-corrected chi connectivity index (χ3v) is 4.93. The zero-order valence-corrected chi connectivity index (χ0v) is 16.3. The maximum Gasteiger partial charge on any atom is 0.252 e. The van der Waals surface area contributed by atoms with Crippen LogP contribution in [0.1, 0.15) is 10.4 Å². The van der Waals surface area contributed by atoms with Crippen molar-refractivity contribution >= 4 is 50.6 Å². The highest BCUT2D eigenvalue weighted by Gasteiger charge is 2.17. The maximum absolute atomic E-state index is 11.6. The molecule has 136 valence electrons. The molecule has 5 rings (SSSR count). The highest BCUT2D eigenvalue weighted by molar-refractivity contribution is 14.1. The lowest BCUT2D eigenvalue weighted by molar-refractivity contribution is 0.100. The van der Waals surface area contributed by atoms with Crippen LogP contribution in [-0.2, 0) is 0 Å². The molecule has 5 aromatic rings. The number of amides is 1. The summed E-state index contributed by atoms with van der Waals surface area (Å²) in [6.45, 7) is 0. The van der Waals surface area contributed by atoms with Gasteiger partial charge in [0.1, 0.15) is 11.2 Å². The first-order valence-electron chi connectivity index (χ1n) is 8.19. The van der Waals surface area contributed by atoms with E-state index < -0.39 is 5.91 Å². The smallest absolute Gasteiger partial charge is 0.252 e. The van der Waals surface area contributed by atoms with E-state index in [1.807, 2.05) is 12.1 Å². The molecule has 5 heterocycles. The van der Waals surface area contributed by atoms with Crippen molar-refractivity contribution in [3.8, 4) is 22.6 Å². The van der Waals surface area contributed by atoms with Gasteiger partial charge in [0.15, 0.2) is 11.5 Å². The molecule has 10 heteroatoms. The van der Waals surface area contributed by atoms with Crippen LogP contribution >= 0.6 is 22.6 Å². The maximum atomic E-state index is 11.6. The molecule has 0 fully saturated rings. The zero-order chi connectivity index (χ0) is 19.3. The first-order valence-corrected chi connectivity index (χ1v) is 9.27. The van der Waals surface area contributed by atoms with E-state index in [4.69, 9.17) is 5.73 Å². The number of hydrogen-bond donors (Lipinski definition) is 3. The van der Waals surface area contributed by atoms with Gasteiger partial charge in [-0.1, -0.05) is 0 Å². The Kier molecular flexibility index (Phi) is 3.79. The molecule has 4 N–H and O–H groups in total. The molecule has 0 unspecified atom stereocenters. The number of pyridine rings is 3. The number of nitrogens with one attached hydrogen (secondary N) is 2. The summed E-state index contributed by atoms with van der Waals surface area (Å²) in [5.41, 5.74) is 9.85. The van der Waals surface area contributed by atoms with Crippen molar-refractivity contribution in [3.63, 3.8) is 0 Å². The summed E-state index contributed by atoms with van der Waals surface area (Å²) in [4.78, 5) is 32.0. The highest BCUT2D eigenvalue weighted by atomic mass is 127. The molecule has 0 bridgehead atoms. The van der Waals surface area contributed by atoms with Gasteiger partial charge in [-0.05, 0) is 34.7 Å². The van der Waals surface area contributed by atoms with Crippen molar-refractivity contribution < 1.29 is 4.79 Å². The van der Waals surface area contributed by atoms with Crippen molar-refractivity contribution in [1.29, 1.82) is 0 Å². The molecule has 1 amide bonds. The van der Waals surface area contributed by atoms with Crippen LogP contribution in [0.25, 0.3) is 44.7 Å². The van der Waals surface area contributed by atoms with Crippen LogP contribution in [-0.4, -0.2) is 41.0 Å². The number of hydrogen-bond acceptors (Lipinski definition) is 6. The number of primary amides is 1. The number of halogens is 1. The van der Waals surface area contributed by atoms with Crippen LogP contribution in [0.3, 0.4) is 0 Å². The minimum atomic E-state index is -0.583. The fourth-order valence-electron chi connectivity index (χ4n) is 3.04. The average Bonchev–Trinajstić information content (AvgIpc) is 3.30. The van der Waals surface area contributed by atoms with Gasteiger partial charge in [0.25, 0.3) is 5.91 Å². The summed E-state index contributed by atoms with van der Waals surface area (Å²) in [5.74, 6) is -0.0616. The molecule has 0 aromatic carbocycles. The van der Waals surface area contributed by atoms with Crippen molar-refractivity contribution in [2.24, 2.45) is 5.73 Å². The first kappa shape index (κ1) is 16.7. The number of carbonyl (C=O) groups excluding carboxylic acids is 1. The largest absolute Gasteiger partial charge is 0.365 e. The van der Waals surface area contributed by atoms with E-state index in [1.54, 1.807) is 24.8 Å². The van der Waals surface area contributed by atoms with Gasteiger partial charge in [0.05, 0.1) is 22.7 Å². The van der Waals surface area contributed by atoms with Gasteiger partial charge in [0, 0.05) is 39.5 Å². The van der Waals surface area contributed by atoms with E-state index in [0.717, 1.165) is 20.1 Å². The minimum Gasteiger partial charge on any atom is -0.365 e. The molecule has 0 atom stereocenters. The number of aromatic nitrogens is 7. The predicted molar refractivity (Wildman–Crippen MR) is 111 cm³/mol. The number of aromatic amines is 2. The second-order valence-corrected chi connectivity index (χ2v) is 7.36. The summed E-state index contributed by atoms with van der Waals surface area (Å²) < 4.78 is 1.03. The van der Waals surface area contributed by atoms with Crippen LogP contribution in [0, 0.1) is 3.57 Å². The molecule has 0 radical (unpaired) electrons. The second kappa shape index (κ2) is 6.34. The van der Waals surface area contributed by atoms with E-state index in [9.17, 15) is 4.79 Å². The van der Waals surface area contributed by atoms with E-state index >= 15 is 0 Å². The third-order valence-electron chi connectivity index (χ3n) is 4.34. The lowest BCUT2D eigenvalue weighted by Crippen LogP contribution is -2.11. The van der Waals surface area contributed by atoms with Crippen LogP contribution in [0.2, 0.25) is 0 Å². The number of rotatable bonds is 3. The van der Waals surface area contributed by atoms with Crippen molar-refractivity contribution in [2.45, 2.75) is 0 Å². The van der Waals surface area contributed by atoms with Gasteiger partial charge in [-0.25, -0.2) is 9.97 Å². The number of nitrogens with zero attached hydrogens (tertiary/aromatic N) is 5. The Balaban J connectivity index is 1.69. The Morgan fingerprint density at radius 2 is 1.86 bits per heavy atom. The zero-order valence-electron chi connectivity index (χ0n) is 14.1. The molecule has 0 aliphatic carbocycles. The Morgan fingerprint density at radius 1 is 1.04 bits per heavy atom. The van der Waals surface area contributed by atoms with Gasteiger partial charge in [0.2, 0.25) is 0 Å². The first-order chi connectivity index (χ1) is 13.6.